The van der Waals surface area contributed by atoms with Gasteiger partial charge < -0.3 is 15.3 Å². The maximum absolute atomic E-state index is 8.06. The molecule has 0 heterocycles. The highest BCUT2D eigenvalue weighted by molar-refractivity contribution is 7.80. The highest BCUT2D eigenvalue weighted by Crippen LogP contribution is 2.10. The third kappa shape index (κ3) is 114. The minimum atomic E-state index is -0.167. The van der Waals surface area contributed by atoms with Crippen molar-refractivity contribution >= 4 is 12.6 Å². The molecular weight excluding hydrogens is 332 g/mol. The first kappa shape index (κ1) is 32.9. The highest BCUT2D eigenvalue weighted by Gasteiger charge is 1.91. The molecule has 0 bridgehead atoms. The second kappa shape index (κ2) is 31.9. The van der Waals surface area contributed by atoms with Gasteiger partial charge in [-0.25, -0.2) is 0 Å². The van der Waals surface area contributed by atoms with E-state index in [9.17, 15) is 0 Å². The van der Waals surface area contributed by atoms with Gasteiger partial charge in [0, 0.05) is 18.3 Å². The topological polar surface area (TPSA) is 60.7 Å². The summed E-state index contributed by atoms with van der Waals surface area (Å²) in [4.78, 5) is 0. The smallest absolute Gasteiger partial charge is 0.0483 e. The van der Waals surface area contributed by atoms with E-state index in [0.717, 1.165) is 5.75 Å². The van der Waals surface area contributed by atoms with Crippen molar-refractivity contribution in [3.8, 4) is 0 Å². The Labute approximate surface area is 165 Å². The molecule has 0 rings (SSSR count). The third-order valence-corrected chi connectivity index (χ3v) is 2.83. The van der Waals surface area contributed by atoms with Gasteiger partial charge >= 0.3 is 0 Å². The molecular formula is C21H50O3S. The van der Waals surface area contributed by atoms with Gasteiger partial charge in [0.25, 0.3) is 0 Å². The lowest BCUT2D eigenvalue weighted by molar-refractivity contribution is 0.215. The van der Waals surface area contributed by atoms with Crippen molar-refractivity contribution in [3.05, 3.63) is 0 Å². The molecule has 0 saturated heterocycles. The van der Waals surface area contributed by atoms with Crippen LogP contribution < -0.4 is 0 Å². The van der Waals surface area contributed by atoms with Crippen LogP contribution in [0.5, 0.6) is 0 Å². The number of hydrogen-bond donors (Lipinski definition) is 4. The largest absolute Gasteiger partial charge is 0.394 e. The van der Waals surface area contributed by atoms with Gasteiger partial charge in [-0.2, -0.15) is 12.6 Å². The lowest BCUT2D eigenvalue weighted by atomic mass is 10.1. The standard InChI is InChI=1S/C12H26S.3C3H8O/c1-2-3-4-5-6-7-8-9-10-11-12-13;3*1-3(2)4/h13H,2-12H2,1H3;3*3-4H,1-2H3. The maximum atomic E-state index is 8.06. The van der Waals surface area contributed by atoms with Gasteiger partial charge in [0.2, 0.25) is 0 Å². The van der Waals surface area contributed by atoms with Crippen molar-refractivity contribution in [2.45, 2.75) is 131 Å². The van der Waals surface area contributed by atoms with Crippen molar-refractivity contribution in [1.82, 2.24) is 0 Å². The van der Waals surface area contributed by atoms with Crippen LogP contribution in [0.3, 0.4) is 0 Å². The third-order valence-electron chi connectivity index (χ3n) is 2.51. The van der Waals surface area contributed by atoms with E-state index in [1.165, 1.54) is 64.2 Å². The summed E-state index contributed by atoms with van der Waals surface area (Å²) in [5.74, 6) is 1.07. The first-order valence-corrected chi connectivity index (χ1v) is 10.9. The zero-order chi connectivity index (χ0) is 20.5. The molecule has 0 unspecified atom stereocenters. The average Bonchev–Trinajstić information content (AvgIpc) is 2.44. The van der Waals surface area contributed by atoms with E-state index < -0.39 is 0 Å². The van der Waals surface area contributed by atoms with E-state index in [1.807, 2.05) is 0 Å². The van der Waals surface area contributed by atoms with Crippen molar-refractivity contribution in [3.63, 3.8) is 0 Å². The molecule has 0 fully saturated rings. The number of hydrogen-bond acceptors (Lipinski definition) is 4. The summed E-state index contributed by atoms with van der Waals surface area (Å²) >= 11 is 4.20. The van der Waals surface area contributed by atoms with Crippen LogP contribution in [0.2, 0.25) is 0 Å². The number of aliphatic hydroxyl groups excluding tert-OH is 3. The average molecular weight is 383 g/mol. The monoisotopic (exact) mass is 382 g/mol. The Morgan fingerprint density at radius 2 is 0.720 bits per heavy atom. The maximum Gasteiger partial charge on any atom is 0.0483 e. The fourth-order valence-corrected chi connectivity index (χ4v) is 1.82. The van der Waals surface area contributed by atoms with Gasteiger partial charge in [0.1, 0.15) is 0 Å². The van der Waals surface area contributed by atoms with Crippen molar-refractivity contribution in [1.29, 1.82) is 0 Å². The van der Waals surface area contributed by atoms with E-state index in [0.29, 0.717) is 0 Å². The Bertz CT molecular complexity index is 153. The molecule has 0 spiro atoms. The Balaban J connectivity index is -0.000000150. The Morgan fingerprint density at radius 3 is 0.920 bits per heavy atom. The summed E-state index contributed by atoms with van der Waals surface area (Å²) in [5, 5.41) is 24.2. The Hall–Kier alpha value is 0.230. The summed E-state index contributed by atoms with van der Waals surface area (Å²) < 4.78 is 0. The lowest BCUT2D eigenvalue weighted by Crippen LogP contribution is -1.85. The fraction of sp³-hybridized carbons (Fsp3) is 1.00. The normalized spacial score (nSPS) is 9.84. The summed E-state index contributed by atoms with van der Waals surface area (Å²) in [5.41, 5.74) is 0. The minimum absolute atomic E-state index is 0.167. The molecule has 0 saturated carbocycles. The van der Waals surface area contributed by atoms with Crippen LogP contribution in [0.4, 0.5) is 0 Å². The molecule has 0 aromatic rings. The molecule has 4 heteroatoms. The van der Waals surface area contributed by atoms with Gasteiger partial charge in [-0.3, -0.25) is 0 Å². The first-order chi connectivity index (χ1) is 11.6. The van der Waals surface area contributed by atoms with Gasteiger partial charge in [-0.1, -0.05) is 64.7 Å². The number of aliphatic hydroxyl groups is 3. The minimum Gasteiger partial charge on any atom is -0.394 e. The van der Waals surface area contributed by atoms with Crippen LogP contribution in [0.1, 0.15) is 113 Å². The van der Waals surface area contributed by atoms with E-state index in [-0.39, 0.29) is 18.3 Å². The van der Waals surface area contributed by atoms with E-state index in [1.54, 1.807) is 41.5 Å². The quantitative estimate of drug-likeness (QED) is 0.277. The number of unbranched alkanes of at least 4 members (excludes halogenated alkanes) is 9. The van der Waals surface area contributed by atoms with Crippen LogP contribution >= 0.6 is 12.6 Å². The SMILES string of the molecule is CC(C)O.CC(C)O.CC(C)O.CCCCCCCCCCCCS. The lowest BCUT2D eigenvalue weighted by Gasteiger charge is -2.00. The Morgan fingerprint density at radius 1 is 0.520 bits per heavy atom. The molecule has 0 aromatic carbocycles. The summed E-state index contributed by atoms with van der Waals surface area (Å²) in [6, 6.07) is 0. The molecule has 0 amide bonds. The molecule has 0 aliphatic carbocycles. The molecule has 158 valence electrons. The molecule has 3 nitrogen and oxygen atoms in total. The number of rotatable bonds is 10. The van der Waals surface area contributed by atoms with Gasteiger partial charge in [0.15, 0.2) is 0 Å². The van der Waals surface area contributed by atoms with Crippen molar-refractivity contribution in [2.75, 3.05) is 5.75 Å². The van der Waals surface area contributed by atoms with Crippen LogP contribution in [0.15, 0.2) is 0 Å². The van der Waals surface area contributed by atoms with Crippen LogP contribution in [-0.2, 0) is 0 Å². The predicted octanol–water partition coefficient (Wildman–Crippen LogP) is 6.00. The zero-order valence-corrected chi connectivity index (χ0v) is 19.2. The fourth-order valence-electron chi connectivity index (χ4n) is 1.60. The summed E-state index contributed by atoms with van der Waals surface area (Å²) in [7, 11) is 0. The number of thiol groups is 1. The van der Waals surface area contributed by atoms with Gasteiger partial charge in [-0.15, -0.1) is 0 Å². The first-order valence-electron chi connectivity index (χ1n) is 10.3. The second-order valence-corrected chi connectivity index (χ2v) is 7.63. The van der Waals surface area contributed by atoms with Crippen LogP contribution in [0, 0.1) is 0 Å². The second-order valence-electron chi connectivity index (χ2n) is 7.19. The van der Waals surface area contributed by atoms with E-state index in [2.05, 4.69) is 19.6 Å². The molecule has 0 aliphatic rings. The summed E-state index contributed by atoms with van der Waals surface area (Å²) in [6.07, 6.45) is 13.7. The van der Waals surface area contributed by atoms with E-state index >= 15 is 0 Å². The summed E-state index contributed by atoms with van der Waals surface area (Å²) in [6.45, 7) is 12.6. The predicted molar refractivity (Wildman–Crippen MR) is 118 cm³/mol. The van der Waals surface area contributed by atoms with E-state index in [4.69, 9.17) is 15.3 Å². The van der Waals surface area contributed by atoms with Crippen LogP contribution in [0.25, 0.3) is 0 Å². The van der Waals surface area contributed by atoms with Gasteiger partial charge in [0.05, 0.1) is 0 Å². The van der Waals surface area contributed by atoms with Crippen LogP contribution in [-0.4, -0.2) is 39.4 Å². The van der Waals surface area contributed by atoms with Gasteiger partial charge in [-0.05, 0) is 53.7 Å². The molecule has 0 atom stereocenters. The van der Waals surface area contributed by atoms with Crippen molar-refractivity contribution in [2.24, 2.45) is 0 Å². The Kier molecular flexibility index (Phi) is 42.0. The molecule has 0 radical (unpaired) electrons. The molecule has 0 aromatic heterocycles. The molecule has 0 aliphatic heterocycles. The molecule has 3 N–H and O–H groups in total. The highest BCUT2D eigenvalue weighted by atomic mass is 32.1. The molecule has 25 heavy (non-hydrogen) atoms. The van der Waals surface area contributed by atoms with Crippen molar-refractivity contribution < 1.29 is 15.3 Å². The zero-order valence-electron chi connectivity index (χ0n) is 18.3.